The van der Waals surface area contributed by atoms with E-state index in [4.69, 9.17) is 9.47 Å². The Labute approximate surface area is 124 Å². The van der Waals surface area contributed by atoms with Gasteiger partial charge in [0.2, 0.25) is 0 Å². The van der Waals surface area contributed by atoms with Crippen LogP contribution in [-0.4, -0.2) is 24.8 Å². The first-order valence-electron chi connectivity index (χ1n) is 6.57. The van der Waals surface area contributed by atoms with Crippen LogP contribution >= 0.6 is 0 Å². The Hall–Kier alpha value is -2.30. The fourth-order valence-electron chi connectivity index (χ4n) is 1.67. The van der Waals surface area contributed by atoms with Gasteiger partial charge in [0.1, 0.15) is 5.60 Å². The summed E-state index contributed by atoms with van der Waals surface area (Å²) in [5, 5.41) is 2.64. The SMILES string of the molecule is C=Cc1ccc(CNC(=O)OC(C)(C)C)cc1C(=O)OC. The van der Waals surface area contributed by atoms with E-state index in [9.17, 15) is 9.59 Å². The predicted molar refractivity (Wildman–Crippen MR) is 80.9 cm³/mol. The smallest absolute Gasteiger partial charge is 0.407 e. The summed E-state index contributed by atoms with van der Waals surface area (Å²) in [5.74, 6) is -0.441. The first-order valence-corrected chi connectivity index (χ1v) is 6.57. The van der Waals surface area contributed by atoms with E-state index in [1.807, 2.05) is 0 Å². The predicted octanol–water partition coefficient (Wildman–Crippen LogP) is 3.14. The lowest BCUT2D eigenvalue weighted by Crippen LogP contribution is -2.32. The number of ether oxygens (including phenoxy) is 2. The number of alkyl carbamates (subject to hydrolysis) is 1. The number of carbonyl (C=O) groups excluding carboxylic acids is 2. The van der Waals surface area contributed by atoms with Crippen LogP contribution in [0.25, 0.3) is 6.08 Å². The van der Waals surface area contributed by atoms with Crippen LogP contribution in [0.15, 0.2) is 24.8 Å². The number of methoxy groups -OCH3 is 1. The topological polar surface area (TPSA) is 64.6 Å². The molecule has 0 bridgehead atoms. The highest BCUT2D eigenvalue weighted by Gasteiger charge is 2.16. The van der Waals surface area contributed by atoms with E-state index in [2.05, 4.69) is 11.9 Å². The zero-order valence-electron chi connectivity index (χ0n) is 12.9. The molecule has 21 heavy (non-hydrogen) atoms. The van der Waals surface area contributed by atoms with Crippen molar-refractivity contribution in [3.63, 3.8) is 0 Å². The number of hydrogen-bond donors (Lipinski definition) is 1. The average molecular weight is 291 g/mol. The Kier molecular flexibility index (Phi) is 5.52. The summed E-state index contributed by atoms with van der Waals surface area (Å²) in [4.78, 5) is 23.3. The van der Waals surface area contributed by atoms with Crippen LogP contribution in [0.2, 0.25) is 0 Å². The quantitative estimate of drug-likeness (QED) is 0.866. The van der Waals surface area contributed by atoms with Crippen molar-refractivity contribution >= 4 is 18.1 Å². The Balaban J connectivity index is 2.79. The first kappa shape index (κ1) is 16.8. The molecule has 0 aromatic heterocycles. The number of amides is 1. The van der Waals surface area contributed by atoms with Crippen molar-refractivity contribution in [1.82, 2.24) is 5.32 Å². The van der Waals surface area contributed by atoms with Gasteiger partial charge in [0.15, 0.2) is 0 Å². The highest BCUT2D eigenvalue weighted by molar-refractivity contribution is 5.93. The number of rotatable bonds is 4. The highest BCUT2D eigenvalue weighted by Crippen LogP contribution is 2.15. The summed E-state index contributed by atoms with van der Waals surface area (Å²) in [7, 11) is 1.32. The van der Waals surface area contributed by atoms with E-state index in [1.54, 1.807) is 45.0 Å². The lowest BCUT2D eigenvalue weighted by atomic mass is 10.0. The van der Waals surface area contributed by atoms with Gasteiger partial charge in [-0.15, -0.1) is 0 Å². The van der Waals surface area contributed by atoms with Gasteiger partial charge < -0.3 is 14.8 Å². The molecule has 1 amide bonds. The molecular formula is C16H21NO4. The van der Waals surface area contributed by atoms with E-state index in [1.165, 1.54) is 7.11 Å². The first-order chi connectivity index (χ1) is 9.76. The molecular weight excluding hydrogens is 270 g/mol. The van der Waals surface area contributed by atoms with E-state index in [-0.39, 0.29) is 6.54 Å². The van der Waals surface area contributed by atoms with Crippen LogP contribution in [0.5, 0.6) is 0 Å². The van der Waals surface area contributed by atoms with Gasteiger partial charge in [-0.05, 0) is 38.0 Å². The minimum atomic E-state index is -0.548. The zero-order valence-corrected chi connectivity index (χ0v) is 12.9. The Morgan fingerprint density at radius 3 is 2.52 bits per heavy atom. The largest absolute Gasteiger partial charge is 0.465 e. The molecule has 0 fully saturated rings. The van der Waals surface area contributed by atoms with E-state index < -0.39 is 17.7 Å². The molecule has 1 N–H and O–H groups in total. The van der Waals surface area contributed by atoms with E-state index >= 15 is 0 Å². The lowest BCUT2D eigenvalue weighted by Gasteiger charge is -2.19. The molecule has 0 atom stereocenters. The van der Waals surface area contributed by atoms with Crippen LogP contribution in [0, 0.1) is 0 Å². The maximum absolute atomic E-state index is 11.7. The van der Waals surface area contributed by atoms with E-state index in [0.29, 0.717) is 11.1 Å². The summed E-state index contributed by atoms with van der Waals surface area (Å²) in [5.41, 5.74) is 1.32. The second-order valence-corrected chi connectivity index (χ2v) is 5.47. The lowest BCUT2D eigenvalue weighted by molar-refractivity contribution is 0.0523. The number of hydrogen-bond acceptors (Lipinski definition) is 4. The number of carbonyl (C=O) groups is 2. The minimum absolute atomic E-state index is 0.260. The number of benzene rings is 1. The Morgan fingerprint density at radius 2 is 2.00 bits per heavy atom. The monoisotopic (exact) mass is 291 g/mol. The molecule has 1 aromatic rings. The van der Waals surface area contributed by atoms with Crippen LogP contribution < -0.4 is 5.32 Å². The third-order valence-corrected chi connectivity index (χ3v) is 2.58. The van der Waals surface area contributed by atoms with Gasteiger partial charge in [0.05, 0.1) is 12.7 Å². The fourth-order valence-corrected chi connectivity index (χ4v) is 1.67. The van der Waals surface area contributed by atoms with Gasteiger partial charge in [0, 0.05) is 6.54 Å². The third kappa shape index (κ3) is 5.30. The van der Waals surface area contributed by atoms with Crippen molar-refractivity contribution in [3.05, 3.63) is 41.5 Å². The van der Waals surface area contributed by atoms with Crippen LogP contribution in [0.3, 0.4) is 0 Å². The summed E-state index contributed by atoms with van der Waals surface area (Å²) >= 11 is 0. The third-order valence-electron chi connectivity index (χ3n) is 2.58. The minimum Gasteiger partial charge on any atom is -0.465 e. The standard InChI is InChI=1S/C16H21NO4/c1-6-12-8-7-11(9-13(12)14(18)20-5)10-17-15(19)21-16(2,3)4/h6-9H,1,10H2,2-5H3,(H,17,19). The Bertz CT molecular complexity index is 544. The molecule has 5 nitrogen and oxygen atoms in total. The average Bonchev–Trinajstić information content (AvgIpc) is 2.42. The molecule has 0 aliphatic rings. The molecule has 0 unspecified atom stereocenters. The summed E-state index contributed by atoms with van der Waals surface area (Å²) < 4.78 is 9.87. The second-order valence-electron chi connectivity index (χ2n) is 5.47. The molecule has 0 saturated carbocycles. The van der Waals surface area contributed by atoms with Crippen molar-refractivity contribution in [2.24, 2.45) is 0 Å². The summed E-state index contributed by atoms with van der Waals surface area (Å²) in [6, 6.07) is 5.23. The van der Waals surface area contributed by atoms with Gasteiger partial charge >= 0.3 is 12.1 Å². The number of esters is 1. The maximum atomic E-state index is 11.7. The molecule has 5 heteroatoms. The summed E-state index contributed by atoms with van der Waals surface area (Å²) in [6.07, 6.45) is 1.08. The molecule has 0 saturated heterocycles. The van der Waals surface area contributed by atoms with E-state index in [0.717, 1.165) is 5.56 Å². The summed E-state index contributed by atoms with van der Waals surface area (Å²) in [6.45, 7) is 9.29. The van der Waals surface area contributed by atoms with Crippen molar-refractivity contribution < 1.29 is 19.1 Å². The van der Waals surface area contributed by atoms with Crippen LogP contribution in [0.4, 0.5) is 4.79 Å². The Morgan fingerprint density at radius 1 is 1.33 bits per heavy atom. The molecule has 0 aliphatic carbocycles. The molecule has 0 spiro atoms. The zero-order chi connectivity index (χ0) is 16.0. The van der Waals surface area contributed by atoms with Crippen LogP contribution in [0.1, 0.15) is 42.3 Å². The number of nitrogens with one attached hydrogen (secondary N) is 1. The van der Waals surface area contributed by atoms with Crippen molar-refractivity contribution in [2.45, 2.75) is 32.9 Å². The molecule has 0 radical (unpaired) electrons. The normalized spacial score (nSPS) is 10.7. The van der Waals surface area contributed by atoms with Crippen molar-refractivity contribution in [2.75, 3.05) is 7.11 Å². The molecule has 114 valence electrons. The van der Waals surface area contributed by atoms with Gasteiger partial charge in [-0.1, -0.05) is 24.8 Å². The molecule has 0 aliphatic heterocycles. The second kappa shape index (κ2) is 6.92. The van der Waals surface area contributed by atoms with Crippen molar-refractivity contribution in [1.29, 1.82) is 0 Å². The molecule has 0 heterocycles. The van der Waals surface area contributed by atoms with Crippen LogP contribution in [-0.2, 0) is 16.0 Å². The van der Waals surface area contributed by atoms with Gasteiger partial charge in [-0.3, -0.25) is 0 Å². The molecule has 1 aromatic carbocycles. The van der Waals surface area contributed by atoms with Crippen molar-refractivity contribution in [3.8, 4) is 0 Å². The maximum Gasteiger partial charge on any atom is 0.407 e. The molecule has 1 rings (SSSR count). The van der Waals surface area contributed by atoms with Gasteiger partial charge in [0.25, 0.3) is 0 Å². The highest BCUT2D eigenvalue weighted by atomic mass is 16.6. The fraction of sp³-hybridized carbons (Fsp3) is 0.375. The van der Waals surface area contributed by atoms with Gasteiger partial charge in [-0.25, -0.2) is 9.59 Å². The van der Waals surface area contributed by atoms with Gasteiger partial charge in [-0.2, -0.15) is 0 Å².